The molecule has 0 radical (unpaired) electrons. The molecule has 1 aromatic rings. The smallest absolute Gasteiger partial charge is 0.309 e. The van der Waals surface area contributed by atoms with Crippen LogP contribution in [0.5, 0.6) is 11.5 Å². The molecule has 3 rings (SSSR count). The number of carbonyl (C=O) groups is 1. The second-order valence-electron chi connectivity index (χ2n) is 14.4. The van der Waals surface area contributed by atoms with E-state index in [1.165, 1.54) is 5.06 Å². The molecule has 2 aliphatic rings. The molecule has 1 aromatic carbocycles. The Kier molecular flexibility index (Phi) is 7.86. The van der Waals surface area contributed by atoms with Crippen LogP contribution in [0.2, 0.25) is 0 Å². The van der Waals surface area contributed by atoms with Gasteiger partial charge in [-0.2, -0.15) is 5.06 Å². The molecule has 0 aromatic heterocycles. The van der Waals surface area contributed by atoms with E-state index in [1.807, 2.05) is 39.8 Å². The van der Waals surface area contributed by atoms with Gasteiger partial charge in [0.1, 0.15) is 17.6 Å². The lowest BCUT2D eigenvalue weighted by Gasteiger charge is -2.51. The summed E-state index contributed by atoms with van der Waals surface area (Å²) in [4.78, 5) is 13.0. The third-order valence-electron chi connectivity index (χ3n) is 7.89. The zero-order valence-electron chi connectivity index (χ0n) is 24.2. The summed E-state index contributed by atoms with van der Waals surface area (Å²) in [6, 6.07) is 3.95. The van der Waals surface area contributed by atoms with Gasteiger partial charge in [-0.3, -0.25) is 4.79 Å². The molecule has 0 atom stereocenters. The van der Waals surface area contributed by atoms with Gasteiger partial charge in [-0.05, 0) is 76.3 Å². The number of carbonyl (C=O) groups excluding carboxylic acids is 1. The van der Waals surface area contributed by atoms with Crippen molar-refractivity contribution >= 4 is 5.97 Å². The minimum atomic E-state index is -0.444. The summed E-state index contributed by atoms with van der Waals surface area (Å²) in [5, 5.41) is 22.9. The zero-order valence-corrected chi connectivity index (χ0v) is 24.2. The van der Waals surface area contributed by atoms with E-state index in [1.54, 1.807) is 0 Å². The highest BCUT2D eigenvalue weighted by Crippen LogP contribution is 2.43. The molecule has 0 unspecified atom stereocenters. The average Bonchev–Trinajstić information content (AvgIpc) is 2.71. The van der Waals surface area contributed by atoms with Crippen molar-refractivity contribution in [3.8, 4) is 11.5 Å². The van der Waals surface area contributed by atoms with Crippen LogP contribution in [0.4, 0.5) is 0 Å². The van der Waals surface area contributed by atoms with Crippen LogP contribution in [0, 0.1) is 5.92 Å². The van der Waals surface area contributed by atoms with E-state index >= 15 is 0 Å². The van der Waals surface area contributed by atoms with Gasteiger partial charge in [0.05, 0.1) is 12.0 Å². The number of benzene rings is 1. The average molecular weight is 504 g/mol. The lowest BCUT2D eigenvalue weighted by atomic mass is 9.79. The minimum absolute atomic E-state index is 0.0368. The summed E-state index contributed by atoms with van der Waals surface area (Å²) in [6.07, 6.45) is 4.15. The summed E-state index contributed by atoms with van der Waals surface area (Å²) >= 11 is 0. The first-order chi connectivity index (χ1) is 16.3. The Bertz CT molecular complexity index is 892. The molecule has 6 nitrogen and oxygen atoms in total. The SMILES string of the molecule is CC(C)(C)c1cc(OC2CCC(C(=O)OC3CC(C)(C)N(O)C(C)(C)C3)CC2)cc(C(C)(C)C)c1O. The molecule has 2 N–H and O–H groups in total. The van der Waals surface area contributed by atoms with E-state index in [2.05, 4.69) is 41.5 Å². The number of ether oxygens (including phenoxy) is 2. The standard InChI is InChI=1S/C30H49NO5/c1-27(2,3)23-15-21(16-24(25(23)32)28(4,5)6)35-20-13-11-19(12-14-20)26(33)36-22-17-29(7,8)31(34)30(9,10)18-22/h15-16,19-20,22,32,34H,11-14,17-18H2,1-10H3. The van der Waals surface area contributed by atoms with E-state index in [0.717, 1.165) is 42.6 Å². The fourth-order valence-corrected chi connectivity index (χ4v) is 5.95. The van der Waals surface area contributed by atoms with E-state index in [9.17, 15) is 15.1 Å². The van der Waals surface area contributed by atoms with Gasteiger partial charge in [0, 0.05) is 35.0 Å². The molecular formula is C30H49NO5. The van der Waals surface area contributed by atoms with Crippen molar-refractivity contribution < 1.29 is 24.6 Å². The molecule has 0 amide bonds. The topological polar surface area (TPSA) is 79.2 Å². The lowest BCUT2D eigenvalue weighted by Crippen LogP contribution is -2.60. The number of piperidine rings is 1. The minimum Gasteiger partial charge on any atom is -0.507 e. The number of phenolic OH excluding ortho intramolecular Hbond substituents is 1. The normalized spacial score (nSPS) is 25.4. The summed E-state index contributed by atoms with van der Waals surface area (Å²) in [5.41, 5.74) is 0.476. The maximum Gasteiger partial charge on any atom is 0.309 e. The van der Waals surface area contributed by atoms with Gasteiger partial charge >= 0.3 is 5.97 Å². The summed E-state index contributed by atoms with van der Waals surface area (Å²) in [5.74, 6) is 0.908. The van der Waals surface area contributed by atoms with E-state index in [4.69, 9.17) is 9.47 Å². The third-order valence-corrected chi connectivity index (χ3v) is 7.89. The number of hydrogen-bond acceptors (Lipinski definition) is 6. The predicted molar refractivity (Wildman–Crippen MR) is 143 cm³/mol. The fourth-order valence-electron chi connectivity index (χ4n) is 5.95. The molecular weight excluding hydrogens is 454 g/mol. The van der Waals surface area contributed by atoms with Crippen LogP contribution in [0.25, 0.3) is 0 Å². The Hall–Kier alpha value is -1.79. The molecule has 1 saturated heterocycles. The molecule has 0 spiro atoms. The number of hydrogen-bond donors (Lipinski definition) is 2. The van der Waals surface area contributed by atoms with Crippen molar-refractivity contribution in [3.63, 3.8) is 0 Å². The Morgan fingerprint density at radius 1 is 0.861 bits per heavy atom. The van der Waals surface area contributed by atoms with Crippen LogP contribution in [0.1, 0.15) is 119 Å². The van der Waals surface area contributed by atoms with Crippen LogP contribution in [-0.4, -0.2) is 44.6 Å². The van der Waals surface area contributed by atoms with Crippen molar-refractivity contribution in [1.82, 2.24) is 5.06 Å². The van der Waals surface area contributed by atoms with Crippen LogP contribution in [0.15, 0.2) is 12.1 Å². The van der Waals surface area contributed by atoms with Gasteiger partial charge in [-0.25, -0.2) is 0 Å². The molecule has 204 valence electrons. The third kappa shape index (κ3) is 6.36. The lowest BCUT2D eigenvalue weighted by molar-refractivity contribution is -0.260. The van der Waals surface area contributed by atoms with Gasteiger partial charge in [-0.15, -0.1) is 0 Å². The quantitative estimate of drug-likeness (QED) is 0.436. The van der Waals surface area contributed by atoms with E-state index in [0.29, 0.717) is 18.6 Å². The van der Waals surface area contributed by atoms with Gasteiger partial charge in [0.15, 0.2) is 0 Å². The number of nitrogens with zero attached hydrogens (tertiary/aromatic N) is 1. The summed E-state index contributed by atoms with van der Waals surface area (Å²) in [6.45, 7) is 20.5. The largest absolute Gasteiger partial charge is 0.507 e. The molecule has 1 saturated carbocycles. The van der Waals surface area contributed by atoms with Crippen LogP contribution in [0.3, 0.4) is 0 Å². The second-order valence-corrected chi connectivity index (χ2v) is 14.4. The Balaban J connectivity index is 1.63. The highest BCUT2D eigenvalue weighted by atomic mass is 16.5. The molecule has 36 heavy (non-hydrogen) atoms. The number of esters is 1. The summed E-state index contributed by atoms with van der Waals surface area (Å²) < 4.78 is 12.4. The van der Waals surface area contributed by atoms with Crippen molar-refractivity contribution in [1.29, 1.82) is 0 Å². The molecule has 1 aliphatic carbocycles. The molecule has 2 fully saturated rings. The van der Waals surface area contributed by atoms with E-state index < -0.39 is 11.1 Å². The molecule has 0 bridgehead atoms. The van der Waals surface area contributed by atoms with Crippen molar-refractivity contribution in [2.75, 3.05) is 0 Å². The first-order valence-electron chi connectivity index (χ1n) is 13.6. The summed E-state index contributed by atoms with van der Waals surface area (Å²) in [7, 11) is 0. The highest BCUT2D eigenvalue weighted by molar-refractivity contribution is 5.72. The number of aromatic hydroxyl groups is 1. The van der Waals surface area contributed by atoms with Crippen LogP contribution >= 0.6 is 0 Å². The van der Waals surface area contributed by atoms with Crippen molar-refractivity contribution in [3.05, 3.63) is 23.3 Å². The Morgan fingerprint density at radius 2 is 1.31 bits per heavy atom. The maximum atomic E-state index is 13.0. The van der Waals surface area contributed by atoms with E-state index in [-0.39, 0.29) is 34.9 Å². The fraction of sp³-hybridized carbons (Fsp3) is 0.767. The number of phenols is 1. The second kappa shape index (κ2) is 9.83. The highest BCUT2D eigenvalue weighted by Gasteiger charge is 2.46. The molecule has 6 heteroatoms. The maximum absolute atomic E-state index is 13.0. The predicted octanol–water partition coefficient (Wildman–Crippen LogP) is 6.88. The van der Waals surface area contributed by atoms with Crippen molar-refractivity contribution in [2.24, 2.45) is 5.92 Å². The molecule has 1 aliphatic heterocycles. The monoisotopic (exact) mass is 503 g/mol. The first kappa shape index (κ1) is 28.8. The van der Waals surface area contributed by atoms with Gasteiger partial charge in [-0.1, -0.05) is 41.5 Å². The first-order valence-corrected chi connectivity index (χ1v) is 13.6. The molecule has 1 heterocycles. The van der Waals surface area contributed by atoms with Gasteiger partial charge in [0.2, 0.25) is 0 Å². The Morgan fingerprint density at radius 3 is 1.72 bits per heavy atom. The van der Waals surface area contributed by atoms with Crippen LogP contribution < -0.4 is 4.74 Å². The van der Waals surface area contributed by atoms with Gasteiger partial charge < -0.3 is 19.8 Å². The van der Waals surface area contributed by atoms with Crippen molar-refractivity contribution in [2.45, 2.75) is 142 Å². The Labute approximate surface area is 218 Å². The number of rotatable bonds is 4. The number of hydroxylamine groups is 2. The zero-order chi connectivity index (χ0) is 27.3. The van der Waals surface area contributed by atoms with Gasteiger partial charge in [0.25, 0.3) is 0 Å². The van der Waals surface area contributed by atoms with Crippen LogP contribution in [-0.2, 0) is 20.4 Å².